The lowest BCUT2D eigenvalue weighted by Gasteiger charge is -2.15. The van der Waals surface area contributed by atoms with Crippen molar-refractivity contribution in [2.75, 3.05) is 28.4 Å². The summed E-state index contributed by atoms with van der Waals surface area (Å²) < 4.78 is 20.7. The van der Waals surface area contributed by atoms with Crippen molar-refractivity contribution in [2.24, 2.45) is 0 Å². The second kappa shape index (κ2) is 7.59. The summed E-state index contributed by atoms with van der Waals surface area (Å²) in [6, 6.07) is 3.58. The highest BCUT2D eigenvalue weighted by atomic mass is 16.5. The van der Waals surface area contributed by atoms with E-state index in [4.69, 9.17) is 18.9 Å². The lowest BCUT2D eigenvalue weighted by atomic mass is 10.1. The molecule has 0 aromatic heterocycles. The third kappa shape index (κ3) is 3.77. The fourth-order valence-electron chi connectivity index (χ4n) is 1.68. The minimum absolute atomic E-state index is 0.179. The summed E-state index contributed by atoms with van der Waals surface area (Å²) in [5, 5.41) is 2.77. The number of methoxy groups -OCH3 is 4. The first kappa shape index (κ1) is 16.1. The first-order valence-corrected chi connectivity index (χ1v) is 6.16. The molecule has 1 aromatic rings. The molecular weight excluding hydrogens is 262 g/mol. The Morgan fingerprint density at radius 2 is 1.65 bits per heavy atom. The maximum Gasteiger partial charge on any atom is 0.249 e. The van der Waals surface area contributed by atoms with Gasteiger partial charge in [0.05, 0.1) is 21.3 Å². The molecule has 1 atom stereocenters. The smallest absolute Gasteiger partial charge is 0.249 e. The van der Waals surface area contributed by atoms with Crippen molar-refractivity contribution in [3.05, 3.63) is 17.7 Å². The Labute approximate surface area is 119 Å². The molecule has 0 spiro atoms. The van der Waals surface area contributed by atoms with Gasteiger partial charge in [0.2, 0.25) is 11.7 Å². The van der Waals surface area contributed by atoms with Crippen LogP contribution < -0.4 is 19.5 Å². The molecule has 0 aliphatic carbocycles. The van der Waals surface area contributed by atoms with Gasteiger partial charge in [0.15, 0.2) is 11.5 Å². The molecule has 0 radical (unpaired) electrons. The Bertz CT molecular complexity index is 436. The van der Waals surface area contributed by atoms with E-state index < -0.39 is 6.10 Å². The lowest BCUT2D eigenvalue weighted by molar-refractivity contribution is -0.130. The Balaban J connectivity index is 2.88. The van der Waals surface area contributed by atoms with Crippen LogP contribution in [0.15, 0.2) is 12.1 Å². The maximum absolute atomic E-state index is 11.7. The van der Waals surface area contributed by atoms with Crippen molar-refractivity contribution in [2.45, 2.75) is 19.6 Å². The van der Waals surface area contributed by atoms with Gasteiger partial charge in [0, 0.05) is 13.7 Å². The molecule has 0 saturated heterocycles. The van der Waals surface area contributed by atoms with Crippen LogP contribution in [-0.2, 0) is 16.1 Å². The van der Waals surface area contributed by atoms with E-state index in [-0.39, 0.29) is 5.91 Å². The molecule has 1 N–H and O–H groups in total. The number of amides is 1. The zero-order valence-electron chi connectivity index (χ0n) is 12.5. The van der Waals surface area contributed by atoms with Crippen LogP contribution in [0.3, 0.4) is 0 Å². The summed E-state index contributed by atoms with van der Waals surface area (Å²) in [6.45, 7) is 2.04. The van der Waals surface area contributed by atoms with Gasteiger partial charge in [-0.15, -0.1) is 0 Å². The molecule has 0 bridgehead atoms. The highest BCUT2D eigenvalue weighted by Crippen LogP contribution is 2.38. The van der Waals surface area contributed by atoms with Crippen molar-refractivity contribution >= 4 is 5.91 Å². The molecule has 0 saturated carbocycles. The highest BCUT2D eigenvalue weighted by molar-refractivity contribution is 5.80. The van der Waals surface area contributed by atoms with E-state index in [9.17, 15) is 4.79 Å². The van der Waals surface area contributed by atoms with Crippen LogP contribution in [0, 0.1) is 0 Å². The maximum atomic E-state index is 11.7. The van der Waals surface area contributed by atoms with Gasteiger partial charge in [0.1, 0.15) is 6.10 Å². The van der Waals surface area contributed by atoms with Crippen LogP contribution in [0.25, 0.3) is 0 Å². The number of benzene rings is 1. The summed E-state index contributed by atoms with van der Waals surface area (Å²) in [5.41, 5.74) is 0.844. The van der Waals surface area contributed by atoms with Crippen LogP contribution in [0.1, 0.15) is 12.5 Å². The molecule has 0 fully saturated rings. The van der Waals surface area contributed by atoms with Gasteiger partial charge in [-0.3, -0.25) is 4.79 Å². The molecule has 0 heterocycles. The molecule has 1 aromatic carbocycles. The zero-order valence-corrected chi connectivity index (χ0v) is 12.5. The van der Waals surface area contributed by atoms with Crippen LogP contribution in [0.5, 0.6) is 17.2 Å². The summed E-state index contributed by atoms with van der Waals surface area (Å²) in [6.07, 6.45) is -0.489. The number of hydrogen-bond donors (Lipinski definition) is 1. The van der Waals surface area contributed by atoms with E-state index in [1.54, 1.807) is 40.4 Å². The van der Waals surface area contributed by atoms with E-state index in [1.807, 2.05) is 0 Å². The van der Waals surface area contributed by atoms with E-state index in [0.29, 0.717) is 23.8 Å². The molecule has 20 heavy (non-hydrogen) atoms. The molecule has 1 amide bonds. The molecule has 1 rings (SSSR count). The number of carbonyl (C=O) groups excluding carboxylic acids is 1. The van der Waals surface area contributed by atoms with E-state index in [1.165, 1.54) is 7.11 Å². The summed E-state index contributed by atoms with van der Waals surface area (Å²) >= 11 is 0. The Morgan fingerprint density at radius 3 is 2.05 bits per heavy atom. The summed E-state index contributed by atoms with van der Waals surface area (Å²) in [4.78, 5) is 11.7. The molecule has 112 valence electrons. The third-order valence-electron chi connectivity index (χ3n) is 2.91. The Kier molecular flexibility index (Phi) is 6.11. The predicted molar refractivity (Wildman–Crippen MR) is 74.4 cm³/mol. The van der Waals surface area contributed by atoms with Crippen molar-refractivity contribution < 1.29 is 23.7 Å². The van der Waals surface area contributed by atoms with Crippen molar-refractivity contribution in [3.8, 4) is 17.2 Å². The fourth-order valence-corrected chi connectivity index (χ4v) is 1.68. The van der Waals surface area contributed by atoms with Gasteiger partial charge in [-0.2, -0.15) is 0 Å². The normalized spacial score (nSPS) is 11.7. The first-order valence-electron chi connectivity index (χ1n) is 6.16. The topological polar surface area (TPSA) is 66.0 Å². The molecule has 6 nitrogen and oxygen atoms in total. The van der Waals surface area contributed by atoms with Gasteiger partial charge in [-0.1, -0.05) is 0 Å². The van der Waals surface area contributed by atoms with E-state index >= 15 is 0 Å². The van der Waals surface area contributed by atoms with Crippen LogP contribution >= 0.6 is 0 Å². The molecule has 0 aliphatic heterocycles. The average Bonchev–Trinajstić information content (AvgIpc) is 2.50. The molecular formula is C14H21NO5. The molecule has 6 heteroatoms. The Morgan fingerprint density at radius 1 is 1.10 bits per heavy atom. The summed E-state index contributed by atoms with van der Waals surface area (Å²) in [7, 11) is 6.13. The second-order valence-corrected chi connectivity index (χ2v) is 4.13. The first-order chi connectivity index (χ1) is 9.57. The number of nitrogens with one attached hydrogen (secondary N) is 1. The largest absolute Gasteiger partial charge is 0.493 e. The lowest BCUT2D eigenvalue weighted by Crippen LogP contribution is -2.33. The van der Waals surface area contributed by atoms with Crippen molar-refractivity contribution in [1.82, 2.24) is 5.32 Å². The van der Waals surface area contributed by atoms with Crippen LogP contribution in [0.4, 0.5) is 0 Å². The van der Waals surface area contributed by atoms with Gasteiger partial charge in [0.25, 0.3) is 0 Å². The third-order valence-corrected chi connectivity index (χ3v) is 2.91. The van der Waals surface area contributed by atoms with Crippen molar-refractivity contribution in [1.29, 1.82) is 0 Å². The van der Waals surface area contributed by atoms with Gasteiger partial charge >= 0.3 is 0 Å². The number of ether oxygens (including phenoxy) is 4. The average molecular weight is 283 g/mol. The van der Waals surface area contributed by atoms with E-state index in [2.05, 4.69) is 5.32 Å². The van der Waals surface area contributed by atoms with E-state index in [0.717, 1.165) is 5.56 Å². The van der Waals surface area contributed by atoms with Crippen molar-refractivity contribution in [3.63, 3.8) is 0 Å². The number of carbonyl (C=O) groups is 1. The summed E-state index contributed by atoms with van der Waals surface area (Å²) in [5.74, 6) is 1.45. The van der Waals surface area contributed by atoms with Crippen LogP contribution in [-0.4, -0.2) is 40.5 Å². The van der Waals surface area contributed by atoms with Crippen LogP contribution in [0.2, 0.25) is 0 Å². The monoisotopic (exact) mass is 283 g/mol. The minimum Gasteiger partial charge on any atom is -0.493 e. The van der Waals surface area contributed by atoms with Gasteiger partial charge in [-0.05, 0) is 24.6 Å². The zero-order chi connectivity index (χ0) is 15.1. The molecule has 1 unspecified atom stereocenters. The Hall–Kier alpha value is -1.95. The highest BCUT2D eigenvalue weighted by Gasteiger charge is 2.15. The number of hydrogen-bond acceptors (Lipinski definition) is 5. The van der Waals surface area contributed by atoms with Gasteiger partial charge in [-0.25, -0.2) is 0 Å². The molecule has 0 aliphatic rings. The van der Waals surface area contributed by atoms with Gasteiger partial charge < -0.3 is 24.3 Å². The number of rotatable bonds is 7. The quantitative estimate of drug-likeness (QED) is 0.818. The SMILES string of the molecule is COc1cc(CNC(=O)C(C)OC)cc(OC)c1OC. The predicted octanol–water partition coefficient (Wildman–Crippen LogP) is 1.36. The fraction of sp³-hybridized carbons (Fsp3) is 0.500. The minimum atomic E-state index is -0.489. The standard InChI is InChI=1S/C14H21NO5/c1-9(17-2)14(16)15-8-10-6-11(18-3)13(20-5)12(7-10)19-4/h6-7,9H,8H2,1-5H3,(H,15,16). The second-order valence-electron chi connectivity index (χ2n) is 4.13.